The minimum atomic E-state index is 0.0534. The molecule has 0 bridgehead atoms. The summed E-state index contributed by atoms with van der Waals surface area (Å²) in [5.41, 5.74) is 2.23. The molecule has 2 aromatic heterocycles. The molecule has 1 N–H and O–H groups in total. The lowest BCUT2D eigenvalue weighted by Crippen LogP contribution is -2.21. The standard InChI is InChI=1S/C21H19N3OS/c1-24-20(25)18-16-8-4-5-9-17(16)26-19(18)23-21(24)22-15-11-10-13-6-2-3-7-14(13)12-15/h2-3,6-7,10-12H,4-5,8-9H2,1H3,(H,22,23). The average Bonchev–Trinajstić information content (AvgIpc) is 3.04. The number of hydrogen-bond acceptors (Lipinski definition) is 4. The molecule has 0 amide bonds. The molecule has 2 heterocycles. The highest BCUT2D eigenvalue weighted by atomic mass is 32.1. The van der Waals surface area contributed by atoms with Crippen LogP contribution in [0.15, 0.2) is 47.3 Å². The van der Waals surface area contributed by atoms with Gasteiger partial charge in [0.25, 0.3) is 5.56 Å². The monoisotopic (exact) mass is 361 g/mol. The summed E-state index contributed by atoms with van der Waals surface area (Å²) in [4.78, 5) is 20.0. The van der Waals surface area contributed by atoms with Crippen LogP contribution in [0, 0.1) is 0 Å². The van der Waals surface area contributed by atoms with Crippen molar-refractivity contribution in [3.63, 3.8) is 0 Å². The van der Waals surface area contributed by atoms with Crippen LogP contribution in [0.3, 0.4) is 0 Å². The predicted molar refractivity (Wildman–Crippen MR) is 109 cm³/mol. The number of aromatic nitrogens is 2. The van der Waals surface area contributed by atoms with Crippen molar-refractivity contribution in [2.24, 2.45) is 7.05 Å². The first kappa shape index (κ1) is 15.6. The molecule has 1 aliphatic carbocycles. The normalized spacial score (nSPS) is 13.9. The van der Waals surface area contributed by atoms with Gasteiger partial charge in [-0.3, -0.25) is 9.36 Å². The van der Waals surface area contributed by atoms with Crippen LogP contribution in [0.4, 0.5) is 11.6 Å². The van der Waals surface area contributed by atoms with Crippen LogP contribution in [0.5, 0.6) is 0 Å². The zero-order valence-corrected chi connectivity index (χ0v) is 15.4. The number of aryl methyl sites for hydroxylation is 2. The SMILES string of the molecule is Cn1c(Nc2ccc3ccccc3c2)nc2sc3c(c2c1=O)CCCC3. The summed E-state index contributed by atoms with van der Waals surface area (Å²) < 4.78 is 1.64. The largest absolute Gasteiger partial charge is 0.325 e. The third kappa shape index (κ3) is 2.42. The number of nitrogens with zero attached hydrogens (tertiary/aromatic N) is 2. The Morgan fingerprint density at radius 3 is 2.77 bits per heavy atom. The number of thiophene rings is 1. The second kappa shape index (κ2) is 5.95. The van der Waals surface area contributed by atoms with Gasteiger partial charge in [0.15, 0.2) is 0 Å². The van der Waals surface area contributed by atoms with E-state index >= 15 is 0 Å². The zero-order chi connectivity index (χ0) is 17.7. The molecule has 130 valence electrons. The molecule has 26 heavy (non-hydrogen) atoms. The number of nitrogens with one attached hydrogen (secondary N) is 1. The van der Waals surface area contributed by atoms with E-state index in [1.54, 1.807) is 23.0 Å². The molecule has 0 atom stereocenters. The van der Waals surface area contributed by atoms with Gasteiger partial charge in [0.1, 0.15) is 4.83 Å². The van der Waals surface area contributed by atoms with E-state index in [1.165, 1.54) is 28.7 Å². The Hall–Kier alpha value is -2.66. The molecular formula is C21H19N3OS. The lowest BCUT2D eigenvalue weighted by Gasteiger charge is -2.12. The van der Waals surface area contributed by atoms with Crippen molar-refractivity contribution in [3.05, 3.63) is 63.3 Å². The van der Waals surface area contributed by atoms with Gasteiger partial charge in [-0.25, -0.2) is 4.98 Å². The van der Waals surface area contributed by atoms with Gasteiger partial charge in [0, 0.05) is 17.6 Å². The van der Waals surface area contributed by atoms with Gasteiger partial charge in [-0.2, -0.15) is 0 Å². The van der Waals surface area contributed by atoms with Crippen LogP contribution >= 0.6 is 11.3 Å². The quantitative estimate of drug-likeness (QED) is 0.559. The Morgan fingerprint density at radius 2 is 1.88 bits per heavy atom. The number of fused-ring (bicyclic) bond motifs is 4. The topological polar surface area (TPSA) is 46.9 Å². The minimum Gasteiger partial charge on any atom is -0.325 e. The second-order valence-corrected chi connectivity index (χ2v) is 7.96. The van der Waals surface area contributed by atoms with E-state index in [0.29, 0.717) is 5.95 Å². The Labute approximate surface area is 155 Å². The first-order chi connectivity index (χ1) is 12.7. The van der Waals surface area contributed by atoms with Crippen LogP contribution in [0.2, 0.25) is 0 Å². The average molecular weight is 361 g/mol. The highest BCUT2D eigenvalue weighted by molar-refractivity contribution is 7.18. The number of hydrogen-bond donors (Lipinski definition) is 1. The molecule has 4 nitrogen and oxygen atoms in total. The van der Waals surface area contributed by atoms with Gasteiger partial charge in [0.2, 0.25) is 5.95 Å². The molecule has 5 heteroatoms. The van der Waals surface area contributed by atoms with Crippen LogP contribution < -0.4 is 10.9 Å². The molecule has 0 saturated carbocycles. The fourth-order valence-electron chi connectivity index (χ4n) is 3.79. The smallest absolute Gasteiger partial charge is 0.263 e. The fraction of sp³-hybridized carbons (Fsp3) is 0.238. The van der Waals surface area contributed by atoms with E-state index in [9.17, 15) is 4.79 Å². The molecule has 5 rings (SSSR count). The summed E-state index contributed by atoms with van der Waals surface area (Å²) in [5, 5.41) is 6.52. The van der Waals surface area contributed by atoms with E-state index in [4.69, 9.17) is 4.98 Å². The Kier molecular flexibility index (Phi) is 3.57. The van der Waals surface area contributed by atoms with Crippen molar-refractivity contribution in [2.45, 2.75) is 25.7 Å². The van der Waals surface area contributed by atoms with Gasteiger partial charge in [-0.05, 0) is 54.2 Å². The van der Waals surface area contributed by atoms with Gasteiger partial charge < -0.3 is 5.32 Å². The van der Waals surface area contributed by atoms with E-state index in [-0.39, 0.29) is 5.56 Å². The fourth-order valence-corrected chi connectivity index (χ4v) is 5.05. The zero-order valence-electron chi connectivity index (χ0n) is 14.6. The summed E-state index contributed by atoms with van der Waals surface area (Å²) in [6.45, 7) is 0. The summed E-state index contributed by atoms with van der Waals surface area (Å²) in [6.07, 6.45) is 4.46. The van der Waals surface area contributed by atoms with E-state index in [0.717, 1.165) is 34.1 Å². The highest BCUT2D eigenvalue weighted by Gasteiger charge is 2.21. The van der Waals surface area contributed by atoms with Crippen molar-refractivity contribution in [2.75, 3.05) is 5.32 Å². The van der Waals surface area contributed by atoms with Gasteiger partial charge in [-0.15, -0.1) is 11.3 Å². The lowest BCUT2D eigenvalue weighted by atomic mass is 9.97. The van der Waals surface area contributed by atoms with E-state index < -0.39 is 0 Å². The van der Waals surface area contributed by atoms with Gasteiger partial charge in [0.05, 0.1) is 5.39 Å². The first-order valence-electron chi connectivity index (χ1n) is 8.98. The summed E-state index contributed by atoms with van der Waals surface area (Å²) in [7, 11) is 1.80. The molecular weight excluding hydrogens is 342 g/mol. The van der Waals surface area contributed by atoms with Crippen LogP contribution in [0.1, 0.15) is 23.3 Å². The molecule has 0 spiro atoms. The molecule has 0 fully saturated rings. The number of benzene rings is 2. The summed E-state index contributed by atoms with van der Waals surface area (Å²) in [6, 6.07) is 14.4. The van der Waals surface area contributed by atoms with Crippen molar-refractivity contribution in [1.82, 2.24) is 9.55 Å². The van der Waals surface area contributed by atoms with Crippen molar-refractivity contribution >= 4 is 44.0 Å². The summed E-state index contributed by atoms with van der Waals surface area (Å²) in [5.74, 6) is 0.594. The Balaban J connectivity index is 1.62. The van der Waals surface area contributed by atoms with Crippen molar-refractivity contribution in [3.8, 4) is 0 Å². The molecule has 4 aromatic rings. The maximum absolute atomic E-state index is 13.0. The molecule has 0 saturated heterocycles. The third-order valence-corrected chi connectivity index (χ3v) is 6.39. The molecule has 0 aliphatic heterocycles. The first-order valence-corrected chi connectivity index (χ1v) is 9.79. The summed E-state index contributed by atoms with van der Waals surface area (Å²) >= 11 is 1.69. The Morgan fingerprint density at radius 1 is 1.08 bits per heavy atom. The predicted octanol–water partition coefficient (Wildman–Crippen LogP) is 4.77. The van der Waals surface area contributed by atoms with E-state index in [2.05, 4.69) is 29.6 Å². The van der Waals surface area contributed by atoms with Crippen molar-refractivity contribution < 1.29 is 0 Å². The third-order valence-electron chi connectivity index (χ3n) is 5.20. The maximum atomic E-state index is 13.0. The molecule has 0 radical (unpaired) electrons. The lowest BCUT2D eigenvalue weighted by molar-refractivity contribution is 0.699. The number of anilines is 2. The van der Waals surface area contributed by atoms with Crippen LogP contribution in [-0.2, 0) is 19.9 Å². The van der Waals surface area contributed by atoms with E-state index in [1.807, 2.05) is 18.2 Å². The molecule has 1 aliphatic rings. The van der Waals surface area contributed by atoms with Crippen LogP contribution in [-0.4, -0.2) is 9.55 Å². The minimum absolute atomic E-state index is 0.0534. The molecule has 0 unspecified atom stereocenters. The maximum Gasteiger partial charge on any atom is 0.263 e. The highest BCUT2D eigenvalue weighted by Crippen LogP contribution is 2.34. The number of rotatable bonds is 2. The second-order valence-electron chi connectivity index (χ2n) is 6.88. The van der Waals surface area contributed by atoms with Gasteiger partial charge in [-0.1, -0.05) is 30.3 Å². The Bertz CT molecular complexity index is 1210. The van der Waals surface area contributed by atoms with Crippen LogP contribution in [0.25, 0.3) is 21.0 Å². The van der Waals surface area contributed by atoms with Crippen molar-refractivity contribution in [1.29, 1.82) is 0 Å². The molecule has 2 aromatic carbocycles. The van der Waals surface area contributed by atoms with Gasteiger partial charge >= 0.3 is 0 Å².